The molecule has 0 saturated heterocycles. The molecule has 0 radical (unpaired) electrons. The number of benzene rings is 2. The van der Waals surface area contributed by atoms with Gasteiger partial charge in [-0.25, -0.2) is 19.3 Å². The lowest BCUT2D eigenvalue weighted by atomic mass is 9.91. The fourth-order valence-electron chi connectivity index (χ4n) is 4.34. The molecule has 0 bridgehead atoms. The summed E-state index contributed by atoms with van der Waals surface area (Å²) in [5, 5.41) is 6.04. The number of pyridine rings is 2. The van der Waals surface area contributed by atoms with Gasteiger partial charge in [-0.2, -0.15) is 0 Å². The molecule has 0 spiro atoms. The van der Waals surface area contributed by atoms with Gasteiger partial charge < -0.3 is 0 Å². The minimum atomic E-state index is -0.210. The molecule has 0 aliphatic rings. The second-order valence-electron chi connectivity index (χ2n) is 8.12. The molecule has 0 unspecified atom stereocenters. The Balaban J connectivity index is 1.50. The third-order valence-electron chi connectivity index (χ3n) is 6.02. The lowest BCUT2D eigenvalue weighted by Crippen LogP contribution is -2.17. The van der Waals surface area contributed by atoms with Gasteiger partial charge in [-0.3, -0.25) is 19.8 Å². The van der Waals surface area contributed by atoms with E-state index in [9.17, 15) is 9.59 Å². The summed E-state index contributed by atoms with van der Waals surface area (Å²) in [7, 11) is 0. The monoisotopic (exact) mass is 472 g/mol. The van der Waals surface area contributed by atoms with Gasteiger partial charge in [0.15, 0.2) is 11.6 Å². The van der Waals surface area contributed by atoms with Crippen molar-refractivity contribution in [1.82, 2.24) is 29.5 Å². The van der Waals surface area contributed by atoms with E-state index in [1.807, 2.05) is 60.7 Å². The van der Waals surface area contributed by atoms with Crippen LogP contribution in [0.3, 0.4) is 0 Å². The zero-order chi connectivity index (χ0) is 24.5. The predicted octanol–water partition coefficient (Wildman–Crippen LogP) is 4.44. The molecule has 6 rings (SSSR count). The molecule has 6 aromatic rings. The fraction of sp³-hybridized carbons (Fsp3) is 0. The highest BCUT2D eigenvalue weighted by Crippen LogP contribution is 2.36. The van der Waals surface area contributed by atoms with E-state index in [1.165, 1.54) is 9.36 Å². The van der Waals surface area contributed by atoms with Crippen molar-refractivity contribution >= 4 is 0 Å². The molecule has 2 N–H and O–H groups in total. The van der Waals surface area contributed by atoms with Crippen molar-refractivity contribution in [3.05, 3.63) is 130 Å². The van der Waals surface area contributed by atoms with Gasteiger partial charge >= 0.3 is 0 Å². The highest BCUT2D eigenvalue weighted by molar-refractivity contribution is 5.91. The summed E-state index contributed by atoms with van der Waals surface area (Å²) in [6.07, 6.45) is 6.65. The maximum atomic E-state index is 13.3. The lowest BCUT2D eigenvalue weighted by Gasteiger charge is -2.12. The molecular formula is C28H20N6O2. The van der Waals surface area contributed by atoms with Crippen LogP contribution in [-0.4, -0.2) is 29.5 Å². The van der Waals surface area contributed by atoms with Gasteiger partial charge in [-0.05, 0) is 46.5 Å². The minimum Gasteiger partial charge on any atom is -0.296 e. The van der Waals surface area contributed by atoms with Crippen molar-refractivity contribution in [2.45, 2.75) is 0 Å². The van der Waals surface area contributed by atoms with Crippen LogP contribution in [0.1, 0.15) is 0 Å². The topological polar surface area (TPSA) is 101 Å². The van der Waals surface area contributed by atoms with E-state index < -0.39 is 0 Å². The summed E-state index contributed by atoms with van der Waals surface area (Å²) in [6.45, 7) is 0. The van der Waals surface area contributed by atoms with Crippen LogP contribution in [0.2, 0.25) is 0 Å². The molecule has 0 amide bonds. The first-order valence-electron chi connectivity index (χ1n) is 11.4. The number of nitrogens with one attached hydrogen (secondary N) is 2. The molecule has 0 atom stereocenters. The van der Waals surface area contributed by atoms with Crippen LogP contribution in [0.15, 0.2) is 119 Å². The van der Waals surface area contributed by atoms with Crippen LogP contribution in [-0.2, 0) is 0 Å². The van der Waals surface area contributed by atoms with E-state index in [1.54, 1.807) is 49.1 Å². The number of nitrogens with zero attached hydrogens (tertiary/aromatic N) is 4. The van der Waals surface area contributed by atoms with E-state index in [-0.39, 0.29) is 11.1 Å². The number of hydrogen-bond acceptors (Lipinski definition) is 4. The van der Waals surface area contributed by atoms with E-state index in [4.69, 9.17) is 0 Å². The highest BCUT2D eigenvalue weighted by atomic mass is 16.1. The van der Waals surface area contributed by atoms with E-state index in [2.05, 4.69) is 20.2 Å². The molecule has 8 nitrogen and oxygen atoms in total. The Morgan fingerprint density at radius 3 is 1.19 bits per heavy atom. The molecule has 0 saturated carbocycles. The van der Waals surface area contributed by atoms with E-state index in [0.29, 0.717) is 22.8 Å². The van der Waals surface area contributed by atoms with Gasteiger partial charge in [0.2, 0.25) is 0 Å². The van der Waals surface area contributed by atoms with Gasteiger partial charge in [0.25, 0.3) is 11.1 Å². The van der Waals surface area contributed by atoms with Crippen LogP contribution in [0.5, 0.6) is 0 Å². The first kappa shape index (κ1) is 21.3. The number of rotatable bonds is 5. The molecule has 8 heteroatoms. The highest BCUT2D eigenvalue weighted by Gasteiger charge is 2.19. The van der Waals surface area contributed by atoms with Crippen LogP contribution in [0.25, 0.3) is 45.0 Å². The second kappa shape index (κ2) is 8.84. The van der Waals surface area contributed by atoms with Crippen molar-refractivity contribution in [3.8, 4) is 45.0 Å². The fourth-order valence-corrected chi connectivity index (χ4v) is 4.34. The van der Waals surface area contributed by atoms with Crippen molar-refractivity contribution in [3.63, 3.8) is 0 Å². The van der Waals surface area contributed by atoms with E-state index >= 15 is 0 Å². The third-order valence-corrected chi connectivity index (χ3v) is 6.02. The van der Waals surface area contributed by atoms with Crippen LogP contribution in [0, 0.1) is 0 Å². The molecule has 0 aliphatic carbocycles. The SMILES string of the molecule is O=c1c(-c2ccccc2-c2ccccc2-c2c[nH]n(-c3ccccn3)c2=O)c[nH]n1-c1ccccn1. The van der Waals surface area contributed by atoms with Crippen LogP contribution >= 0.6 is 0 Å². The standard InChI is InChI=1S/C28H20N6O2/c35-27-23(17-31-33(27)25-13-5-7-15-29-25)21-11-3-1-9-19(21)20-10-2-4-12-22(20)24-18-32-34(28(24)36)26-14-6-8-16-30-26/h1-18,31-32H. The average Bonchev–Trinajstić information content (AvgIpc) is 3.52. The molecule has 0 aliphatic heterocycles. The van der Waals surface area contributed by atoms with Gasteiger partial charge in [-0.15, -0.1) is 0 Å². The van der Waals surface area contributed by atoms with Crippen molar-refractivity contribution < 1.29 is 0 Å². The van der Waals surface area contributed by atoms with Gasteiger partial charge in [0.1, 0.15) is 0 Å². The Morgan fingerprint density at radius 1 is 0.472 bits per heavy atom. The number of H-pyrrole nitrogens is 2. The average molecular weight is 473 g/mol. The zero-order valence-corrected chi connectivity index (χ0v) is 19.0. The number of hydrogen-bond donors (Lipinski definition) is 2. The summed E-state index contributed by atoms with van der Waals surface area (Å²) >= 11 is 0. The van der Waals surface area contributed by atoms with Gasteiger partial charge in [0.05, 0.1) is 11.1 Å². The number of aromatic amines is 2. The van der Waals surface area contributed by atoms with Crippen LogP contribution < -0.4 is 11.1 Å². The largest absolute Gasteiger partial charge is 0.296 e. The predicted molar refractivity (Wildman–Crippen MR) is 138 cm³/mol. The second-order valence-corrected chi connectivity index (χ2v) is 8.12. The summed E-state index contributed by atoms with van der Waals surface area (Å²) in [5.41, 5.74) is 3.76. The maximum Gasteiger partial charge on any atom is 0.280 e. The molecule has 4 aromatic heterocycles. The van der Waals surface area contributed by atoms with E-state index in [0.717, 1.165) is 22.3 Å². The van der Waals surface area contributed by atoms with Crippen molar-refractivity contribution in [2.24, 2.45) is 0 Å². The molecular weight excluding hydrogens is 452 g/mol. The molecule has 0 fully saturated rings. The quantitative estimate of drug-likeness (QED) is 0.387. The molecule has 2 aromatic carbocycles. The van der Waals surface area contributed by atoms with Gasteiger partial charge in [0, 0.05) is 24.8 Å². The Bertz CT molecular complexity index is 1650. The smallest absolute Gasteiger partial charge is 0.280 e. The summed E-state index contributed by atoms with van der Waals surface area (Å²) < 4.78 is 2.82. The maximum absolute atomic E-state index is 13.3. The normalized spacial score (nSPS) is 11.0. The summed E-state index contributed by atoms with van der Waals surface area (Å²) in [4.78, 5) is 35.2. The lowest BCUT2D eigenvalue weighted by molar-refractivity contribution is 0.819. The van der Waals surface area contributed by atoms with Gasteiger partial charge in [-0.1, -0.05) is 60.7 Å². The summed E-state index contributed by atoms with van der Waals surface area (Å²) in [6, 6.07) is 26.1. The Morgan fingerprint density at radius 2 is 0.833 bits per heavy atom. The zero-order valence-electron chi connectivity index (χ0n) is 19.0. The summed E-state index contributed by atoms with van der Waals surface area (Å²) in [5.74, 6) is 1.02. The van der Waals surface area contributed by atoms with Crippen LogP contribution in [0.4, 0.5) is 0 Å². The molecule has 36 heavy (non-hydrogen) atoms. The Hall–Kier alpha value is -5.24. The molecule has 4 heterocycles. The van der Waals surface area contributed by atoms with Crippen molar-refractivity contribution in [2.75, 3.05) is 0 Å². The third kappa shape index (κ3) is 3.57. The number of aromatic nitrogens is 6. The Labute approximate surface area is 205 Å². The Kier molecular flexibility index (Phi) is 5.23. The first-order valence-corrected chi connectivity index (χ1v) is 11.4. The molecule has 174 valence electrons. The first-order chi connectivity index (χ1) is 17.7. The minimum absolute atomic E-state index is 0.210. The van der Waals surface area contributed by atoms with Crippen molar-refractivity contribution in [1.29, 1.82) is 0 Å².